The molecule has 0 radical (unpaired) electrons. The third-order valence-corrected chi connectivity index (χ3v) is 2.87. The topological polar surface area (TPSA) is 42.7 Å². The van der Waals surface area contributed by atoms with Crippen LogP contribution in [0.5, 0.6) is 0 Å². The van der Waals surface area contributed by atoms with Crippen molar-refractivity contribution in [2.75, 3.05) is 5.32 Å². The molecule has 0 saturated carbocycles. The van der Waals surface area contributed by atoms with Crippen molar-refractivity contribution in [3.05, 3.63) is 41.3 Å². The highest BCUT2D eigenvalue weighted by molar-refractivity contribution is 5.39. The molecule has 7 heteroatoms. The van der Waals surface area contributed by atoms with Crippen LogP contribution in [0.2, 0.25) is 0 Å². The molecule has 2 aromatic rings. The van der Waals surface area contributed by atoms with Crippen LogP contribution in [0.15, 0.2) is 24.5 Å². The van der Waals surface area contributed by atoms with Crippen molar-refractivity contribution in [3.63, 3.8) is 0 Å². The SMILES string of the molecule is CCc1nn(C)cc1CNc1cc(C(F)(F)F)ccn1. The molecule has 4 nitrogen and oxygen atoms in total. The summed E-state index contributed by atoms with van der Waals surface area (Å²) in [5.41, 5.74) is 1.16. The third-order valence-electron chi connectivity index (χ3n) is 2.87. The zero-order chi connectivity index (χ0) is 14.8. The van der Waals surface area contributed by atoms with Gasteiger partial charge in [0.1, 0.15) is 5.82 Å². The van der Waals surface area contributed by atoms with Gasteiger partial charge in [0.25, 0.3) is 0 Å². The van der Waals surface area contributed by atoms with Crippen LogP contribution in [0.3, 0.4) is 0 Å². The fourth-order valence-electron chi connectivity index (χ4n) is 1.92. The molecule has 0 bridgehead atoms. The van der Waals surface area contributed by atoms with Gasteiger partial charge in [0.2, 0.25) is 0 Å². The Hall–Kier alpha value is -2.05. The van der Waals surface area contributed by atoms with Crippen molar-refractivity contribution in [3.8, 4) is 0 Å². The fourth-order valence-corrected chi connectivity index (χ4v) is 1.92. The van der Waals surface area contributed by atoms with Crippen LogP contribution in [0.4, 0.5) is 19.0 Å². The van der Waals surface area contributed by atoms with E-state index in [0.29, 0.717) is 6.54 Å². The van der Waals surface area contributed by atoms with E-state index in [2.05, 4.69) is 15.4 Å². The van der Waals surface area contributed by atoms with Gasteiger partial charge in [-0.25, -0.2) is 4.98 Å². The smallest absolute Gasteiger partial charge is 0.366 e. The number of aryl methyl sites for hydroxylation is 2. The van der Waals surface area contributed by atoms with Crippen LogP contribution in [0.1, 0.15) is 23.7 Å². The molecule has 2 rings (SSSR count). The summed E-state index contributed by atoms with van der Waals surface area (Å²) in [6.45, 7) is 2.37. The first-order chi connectivity index (χ1) is 9.40. The third kappa shape index (κ3) is 3.28. The summed E-state index contributed by atoms with van der Waals surface area (Å²) >= 11 is 0. The van der Waals surface area contributed by atoms with Crippen LogP contribution >= 0.6 is 0 Å². The molecular formula is C13H15F3N4. The molecule has 1 N–H and O–H groups in total. The number of hydrogen-bond acceptors (Lipinski definition) is 3. The van der Waals surface area contributed by atoms with Crippen molar-refractivity contribution in [1.82, 2.24) is 14.8 Å². The average molecular weight is 284 g/mol. The number of aromatic nitrogens is 3. The minimum atomic E-state index is -4.36. The summed E-state index contributed by atoms with van der Waals surface area (Å²) in [5, 5.41) is 7.17. The molecule has 0 aromatic carbocycles. The number of nitrogens with one attached hydrogen (secondary N) is 1. The Morgan fingerprint density at radius 3 is 2.75 bits per heavy atom. The molecule has 2 heterocycles. The number of halogens is 3. The van der Waals surface area contributed by atoms with E-state index in [1.165, 1.54) is 0 Å². The van der Waals surface area contributed by atoms with Crippen LogP contribution < -0.4 is 5.32 Å². The zero-order valence-electron chi connectivity index (χ0n) is 11.2. The maximum absolute atomic E-state index is 12.6. The number of pyridine rings is 1. The number of alkyl halides is 3. The molecule has 0 fully saturated rings. The van der Waals surface area contributed by atoms with E-state index in [4.69, 9.17) is 0 Å². The van der Waals surface area contributed by atoms with Crippen LogP contribution in [0, 0.1) is 0 Å². The van der Waals surface area contributed by atoms with Gasteiger partial charge in [0, 0.05) is 31.5 Å². The van der Waals surface area contributed by atoms with Crippen molar-refractivity contribution in [2.45, 2.75) is 26.1 Å². The van der Waals surface area contributed by atoms with Crippen molar-refractivity contribution >= 4 is 5.82 Å². The molecule has 0 aliphatic rings. The lowest BCUT2D eigenvalue weighted by atomic mass is 10.2. The summed E-state index contributed by atoms with van der Waals surface area (Å²) in [4.78, 5) is 3.89. The van der Waals surface area contributed by atoms with Gasteiger partial charge in [-0.1, -0.05) is 6.92 Å². The first-order valence-corrected chi connectivity index (χ1v) is 6.18. The van der Waals surface area contributed by atoms with E-state index in [1.54, 1.807) is 4.68 Å². The lowest BCUT2D eigenvalue weighted by Crippen LogP contribution is -2.08. The van der Waals surface area contributed by atoms with E-state index in [0.717, 1.165) is 36.0 Å². The molecular weight excluding hydrogens is 269 g/mol. The summed E-state index contributed by atoms with van der Waals surface area (Å²) in [6.07, 6.45) is -0.593. The van der Waals surface area contributed by atoms with Gasteiger partial charge in [-0.15, -0.1) is 0 Å². The maximum Gasteiger partial charge on any atom is 0.416 e. The zero-order valence-corrected chi connectivity index (χ0v) is 11.2. The van der Waals surface area contributed by atoms with Gasteiger partial charge < -0.3 is 5.32 Å². The van der Waals surface area contributed by atoms with E-state index in [9.17, 15) is 13.2 Å². The minimum Gasteiger partial charge on any atom is -0.366 e. The molecule has 20 heavy (non-hydrogen) atoms. The number of hydrogen-bond donors (Lipinski definition) is 1. The molecule has 0 unspecified atom stereocenters. The van der Waals surface area contributed by atoms with Gasteiger partial charge in [0.05, 0.1) is 11.3 Å². The van der Waals surface area contributed by atoms with Gasteiger partial charge in [0.15, 0.2) is 0 Å². The van der Waals surface area contributed by atoms with E-state index < -0.39 is 11.7 Å². The Bertz CT molecular complexity index is 590. The number of nitrogens with zero attached hydrogens (tertiary/aromatic N) is 3. The molecule has 0 aliphatic carbocycles. The lowest BCUT2D eigenvalue weighted by molar-refractivity contribution is -0.137. The highest BCUT2D eigenvalue weighted by Crippen LogP contribution is 2.29. The van der Waals surface area contributed by atoms with E-state index >= 15 is 0 Å². The Labute approximate surface area is 114 Å². The molecule has 2 aromatic heterocycles. The second-order valence-corrected chi connectivity index (χ2v) is 4.41. The maximum atomic E-state index is 12.6. The van der Waals surface area contributed by atoms with Crippen molar-refractivity contribution < 1.29 is 13.2 Å². The quantitative estimate of drug-likeness (QED) is 0.938. The largest absolute Gasteiger partial charge is 0.416 e. The fraction of sp³-hybridized carbons (Fsp3) is 0.385. The highest BCUT2D eigenvalue weighted by atomic mass is 19.4. The molecule has 0 spiro atoms. The molecule has 0 amide bonds. The Kier molecular flexibility index (Phi) is 3.96. The summed E-state index contributed by atoms with van der Waals surface area (Å²) in [5.74, 6) is 0.200. The van der Waals surface area contributed by atoms with Gasteiger partial charge >= 0.3 is 6.18 Å². The Balaban J connectivity index is 2.11. The van der Waals surface area contributed by atoms with Crippen molar-refractivity contribution in [1.29, 1.82) is 0 Å². The second-order valence-electron chi connectivity index (χ2n) is 4.41. The molecule has 108 valence electrons. The number of rotatable bonds is 4. The monoisotopic (exact) mass is 284 g/mol. The first kappa shape index (κ1) is 14.4. The lowest BCUT2D eigenvalue weighted by Gasteiger charge is -2.09. The average Bonchev–Trinajstić information content (AvgIpc) is 2.76. The standard InChI is InChI=1S/C13H15F3N4/c1-3-11-9(8-20(2)19-11)7-18-12-6-10(4-5-17-12)13(14,15)16/h4-6,8H,3,7H2,1-2H3,(H,17,18). The van der Waals surface area contributed by atoms with Gasteiger partial charge in [-0.2, -0.15) is 18.3 Å². The minimum absolute atomic E-state index is 0.200. The summed E-state index contributed by atoms with van der Waals surface area (Å²) in [7, 11) is 1.81. The predicted octanol–water partition coefficient (Wildman–Crippen LogP) is 3.01. The van der Waals surface area contributed by atoms with E-state index in [-0.39, 0.29) is 5.82 Å². The van der Waals surface area contributed by atoms with Gasteiger partial charge in [-0.3, -0.25) is 4.68 Å². The molecule has 0 atom stereocenters. The Morgan fingerprint density at radius 2 is 2.10 bits per heavy atom. The first-order valence-electron chi connectivity index (χ1n) is 6.18. The molecule has 0 aliphatic heterocycles. The number of anilines is 1. The molecule has 0 saturated heterocycles. The van der Waals surface area contributed by atoms with Crippen LogP contribution in [-0.2, 0) is 26.2 Å². The van der Waals surface area contributed by atoms with Gasteiger partial charge in [-0.05, 0) is 18.6 Å². The van der Waals surface area contributed by atoms with Crippen LogP contribution in [-0.4, -0.2) is 14.8 Å². The normalized spacial score (nSPS) is 11.7. The summed E-state index contributed by atoms with van der Waals surface area (Å²) in [6, 6.07) is 1.95. The Morgan fingerprint density at radius 1 is 1.35 bits per heavy atom. The van der Waals surface area contributed by atoms with E-state index in [1.807, 2.05) is 20.2 Å². The van der Waals surface area contributed by atoms with Crippen molar-refractivity contribution in [2.24, 2.45) is 7.05 Å². The summed E-state index contributed by atoms with van der Waals surface area (Å²) < 4.78 is 39.4. The second kappa shape index (κ2) is 5.52. The van der Waals surface area contributed by atoms with Crippen LogP contribution in [0.25, 0.3) is 0 Å². The predicted molar refractivity (Wildman–Crippen MR) is 69.2 cm³/mol. The highest BCUT2D eigenvalue weighted by Gasteiger charge is 2.30.